The summed E-state index contributed by atoms with van der Waals surface area (Å²) >= 11 is 1.61. The molecule has 1 fully saturated rings. The molecule has 24 heavy (non-hydrogen) atoms. The third-order valence-corrected chi connectivity index (χ3v) is 5.22. The molecule has 6 heteroatoms. The molecule has 0 radical (unpaired) electrons. The molecule has 1 aliphatic rings. The highest BCUT2D eigenvalue weighted by Gasteiger charge is 2.27. The number of nitrogens with zero attached hydrogens (tertiary/aromatic N) is 2. The highest BCUT2D eigenvalue weighted by Crippen LogP contribution is 2.19. The minimum Gasteiger partial charge on any atom is -0.352 e. The minimum atomic E-state index is -0.00220. The van der Waals surface area contributed by atoms with Crippen LogP contribution >= 0.6 is 11.3 Å². The van der Waals surface area contributed by atoms with Crippen molar-refractivity contribution in [2.24, 2.45) is 5.92 Å². The fourth-order valence-corrected chi connectivity index (χ4v) is 3.60. The normalized spacial score (nSPS) is 15.2. The number of nitrogens with one attached hydrogen (secondary N) is 1. The van der Waals surface area contributed by atoms with Crippen molar-refractivity contribution in [2.75, 3.05) is 13.1 Å². The van der Waals surface area contributed by atoms with Gasteiger partial charge in [-0.2, -0.15) is 0 Å². The van der Waals surface area contributed by atoms with Crippen molar-refractivity contribution in [3.05, 3.63) is 52.5 Å². The molecule has 3 rings (SSSR count). The van der Waals surface area contributed by atoms with Crippen molar-refractivity contribution >= 4 is 23.2 Å². The molecular weight excluding hydrogens is 322 g/mol. The van der Waals surface area contributed by atoms with E-state index < -0.39 is 0 Å². The van der Waals surface area contributed by atoms with Crippen molar-refractivity contribution in [3.63, 3.8) is 0 Å². The monoisotopic (exact) mass is 343 g/mol. The first-order valence-electron chi connectivity index (χ1n) is 8.19. The van der Waals surface area contributed by atoms with Crippen LogP contribution in [0.1, 0.15) is 23.3 Å². The molecule has 0 aliphatic carbocycles. The molecule has 2 amide bonds. The van der Waals surface area contributed by atoms with Crippen LogP contribution in [0.15, 0.2) is 42.0 Å². The summed E-state index contributed by atoms with van der Waals surface area (Å²) in [4.78, 5) is 31.5. The number of thiophene rings is 1. The van der Waals surface area contributed by atoms with Gasteiger partial charge in [-0.05, 0) is 42.0 Å². The van der Waals surface area contributed by atoms with Crippen molar-refractivity contribution in [3.8, 4) is 0 Å². The molecule has 126 valence electrons. The van der Waals surface area contributed by atoms with Gasteiger partial charge in [0.1, 0.15) is 0 Å². The molecule has 0 bridgehead atoms. The molecule has 3 heterocycles. The maximum Gasteiger partial charge on any atom is 0.227 e. The van der Waals surface area contributed by atoms with Crippen LogP contribution in [0.5, 0.6) is 0 Å². The zero-order valence-electron chi connectivity index (χ0n) is 13.5. The van der Waals surface area contributed by atoms with E-state index in [1.165, 1.54) is 0 Å². The third-order valence-electron chi connectivity index (χ3n) is 4.34. The summed E-state index contributed by atoms with van der Waals surface area (Å²) in [7, 11) is 0. The Balaban J connectivity index is 1.42. The van der Waals surface area contributed by atoms with Crippen LogP contribution in [0.2, 0.25) is 0 Å². The molecule has 1 saturated heterocycles. The molecule has 5 nitrogen and oxygen atoms in total. The average molecular weight is 343 g/mol. The van der Waals surface area contributed by atoms with Gasteiger partial charge in [-0.25, -0.2) is 0 Å². The smallest absolute Gasteiger partial charge is 0.227 e. The van der Waals surface area contributed by atoms with E-state index in [-0.39, 0.29) is 17.7 Å². The van der Waals surface area contributed by atoms with Crippen molar-refractivity contribution in [2.45, 2.75) is 25.8 Å². The van der Waals surface area contributed by atoms with Gasteiger partial charge in [-0.1, -0.05) is 6.07 Å². The number of amides is 2. The highest BCUT2D eigenvalue weighted by atomic mass is 32.1. The summed E-state index contributed by atoms with van der Waals surface area (Å²) in [6, 6.07) is 7.74. The van der Waals surface area contributed by atoms with Gasteiger partial charge in [0.2, 0.25) is 11.8 Å². The van der Waals surface area contributed by atoms with Gasteiger partial charge in [0, 0.05) is 42.8 Å². The maximum atomic E-state index is 12.3. The summed E-state index contributed by atoms with van der Waals surface area (Å²) in [5.41, 5.74) is 1.04. The van der Waals surface area contributed by atoms with Gasteiger partial charge in [-0.3, -0.25) is 14.6 Å². The predicted molar refractivity (Wildman–Crippen MR) is 93.4 cm³/mol. The predicted octanol–water partition coefficient (Wildman–Crippen LogP) is 2.24. The minimum absolute atomic E-state index is 0.00220. The van der Waals surface area contributed by atoms with E-state index in [2.05, 4.69) is 10.3 Å². The standard InChI is InChI=1S/C18H21N3O2S/c22-17(12-16-2-1-11-24-16)21-9-5-15(6-10-21)18(23)20-13-14-3-7-19-8-4-14/h1-4,7-8,11,15H,5-6,9-10,12-13H2,(H,20,23). The van der Waals surface area contributed by atoms with Crippen molar-refractivity contribution in [1.82, 2.24) is 15.2 Å². The first kappa shape index (κ1) is 16.6. The van der Waals surface area contributed by atoms with Crippen LogP contribution in [-0.2, 0) is 22.6 Å². The zero-order valence-corrected chi connectivity index (χ0v) is 14.3. The number of hydrogen-bond donors (Lipinski definition) is 1. The lowest BCUT2D eigenvalue weighted by Gasteiger charge is -2.31. The summed E-state index contributed by atoms with van der Waals surface area (Å²) in [6.07, 6.45) is 5.38. The van der Waals surface area contributed by atoms with Crippen LogP contribution in [0, 0.1) is 5.92 Å². The maximum absolute atomic E-state index is 12.3. The van der Waals surface area contributed by atoms with E-state index in [1.807, 2.05) is 34.5 Å². The molecule has 1 N–H and O–H groups in total. The van der Waals surface area contributed by atoms with Crippen LogP contribution in [0.25, 0.3) is 0 Å². The van der Waals surface area contributed by atoms with Crippen molar-refractivity contribution < 1.29 is 9.59 Å². The quantitative estimate of drug-likeness (QED) is 0.906. The Labute approximate surface area is 145 Å². The molecule has 2 aromatic rings. The highest BCUT2D eigenvalue weighted by molar-refractivity contribution is 7.10. The molecule has 1 aliphatic heterocycles. The van der Waals surface area contributed by atoms with E-state index in [0.717, 1.165) is 23.3 Å². The fourth-order valence-electron chi connectivity index (χ4n) is 2.90. The Hall–Kier alpha value is -2.21. The topological polar surface area (TPSA) is 62.3 Å². The summed E-state index contributed by atoms with van der Waals surface area (Å²) < 4.78 is 0. The largest absolute Gasteiger partial charge is 0.352 e. The SMILES string of the molecule is O=C(NCc1ccncc1)C1CCN(C(=O)Cc2cccs2)CC1. The Morgan fingerprint density at radius 2 is 1.96 bits per heavy atom. The van der Waals surface area contributed by atoms with E-state index in [9.17, 15) is 9.59 Å². The van der Waals surface area contributed by atoms with E-state index >= 15 is 0 Å². The van der Waals surface area contributed by atoms with Crippen LogP contribution in [-0.4, -0.2) is 34.8 Å². The molecule has 0 unspecified atom stereocenters. The average Bonchev–Trinajstić information content (AvgIpc) is 3.13. The third kappa shape index (κ3) is 4.41. The molecular formula is C18H21N3O2S. The molecule has 0 saturated carbocycles. The molecule has 0 aromatic carbocycles. The van der Waals surface area contributed by atoms with Gasteiger partial charge in [0.25, 0.3) is 0 Å². The second-order valence-corrected chi connectivity index (χ2v) is 7.02. The summed E-state index contributed by atoms with van der Waals surface area (Å²) in [6.45, 7) is 1.86. The Kier molecular flexibility index (Phi) is 5.59. The van der Waals surface area contributed by atoms with Gasteiger partial charge in [0.05, 0.1) is 6.42 Å². The van der Waals surface area contributed by atoms with Gasteiger partial charge in [-0.15, -0.1) is 11.3 Å². The first-order chi connectivity index (χ1) is 11.7. The number of likely N-dealkylation sites (tertiary alicyclic amines) is 1. The Bertz CT molecular complexity index is 665. The lowest BCUT2D eigenvalue weighted by molar-refractivity contribution is -0.135. The molecule has 0 atom stereocenters. The number of carbonyl (C=O) groups excluding carboxylic acids is 2. The Morgan fingerprint density at radius 3 is 2.62 bits per heavy atom. The first-order valence-corrected chi connectivity index (χ1v) is 9.07. The number of piperidine rings is 1. The van der Waals surface area contributed by atoms with Crippen LogP contribution in [0.4, 0.5) is 0 Å². The number of rotatable bonds is 5. The van der Waals surface area contributed by atoms with E-state index in [0.29, 0.717) is 26.1 Å². The summed E-state index contributed by atoms with van der Waals surface area (Å²) in [5, 5.41) is 4.97. The number of hydrogen-bond acceptors (Lipinski definition) is 4. The number of pyridine rings is 1. The second kappa shape index (κ2) is 8.06. The van der Waals surface area contributed by atoms with Crippen LogP contribution in [0.3, 0.4) is 0 Å². The zero-order chi connectivity index (χ0) is 16.8. The van der Waals surface area contributed by atoms with E-state index in [1.54, 1.807) is 23.7 Å². The summed E-state index contributed by atoms with van der Waals surface area (Å²) in [5.74, 6) is 0.239. The van der Waals surface area contributed by atoms with Gasteiger partial charge in [0.15, 0.2) is 0 Å². The van der Waals surface area contributed by atoms with Gasteiger partial charge < -0.3 is 10.2 Å². The number of aromatic nitrogens is 1. The van der Waals surface area contributed by atoms with Crippen LogP contribution < -0.4 is 5.32 Å². The lowest BCUT2D eigenvalue weighted by Crippen LogP contribution is -2.43. The lowest BCUT2D eigenvalue weighted by atomic mass is 9.95. The number of carbonyl (C=O) groups is 2. The fraction of sp³-hybridized carbons (Fsp3) is 0.389. The Morgan fingerprint density at radius 1 is 1.21 bits per heavy atom. The van der Waals surface area contributed by atoms with Crippen molar-refractivity contribution in [1.29, 1.82) is 0 Å². The molecule has 0 spiro atoms. The van der Waals surface area contributed by atoms with E-state index in [4.69, 9.17) is 0 Å². The molecule has 2 aromatic heterocycles. The van der Waals surface area contributed by atoms with Gasteiger partial charge >= 0.3 is 0 Å². The second-order valence-electron chi connectivity index (χ2n) is 5.98.